The molecule has 2 saturated heterocycles. The van der Waals surface area contributed by atoms with Gasteiger partial charge in [-0.2, -0.15) is 0 Å². The van der Waals surface area contributed by atoms with Gasteiger partial charge in [-0.3, -0.25) is 9.59 Å². The standard InChI is InChI=1S/C20H28N2O4/c1-15-4-3-5-16(2)22(15)19(23)14-26-18-8-6-17(7-9-18)20(24)21-10-12-25-13-11-21/h6-9,15-16H,3-5,10-14H2,1-2H3. The van der Waals surface area contributed by atoms with Crippen LogP contribution in [-0.4, -0.2) is 66.6 Å². The van der Waals surface area contributed by atoms with E-state index < -0.39 is 0 Å². The fraction of sp³-hybridized carbons (Fsp3) is 0.600. The van der Waals surface area contributed by atoms with Gasteiger partial charge in [-0.05, 0) is 57.4 Å². The zero-order chi connectivity index (χ0) is 18.5. The van der Waals surface area contributed by atoms with E-state index in [9.17, 15) is 9.59 Å². The largest absolute Gasteiger partial charge is 0.484 e. The number of amides is 2. The maximum atomic E-state index is 12.5. The van der Waals surface area contributed by atoms with Crippen LogP contribution in [0.25, 0.3) is 0 Å². The fourth-order valence-corrected chi connectivity index (χ4v) is 3.78. The van der Waals surface area contributed by atoms with Gasteiger partial charge in [0.15, 0.2) is 6.61 Å². The Morgan fingerprint density at radius 2 is 1.69 bits per heavy atom. The topological polar surface area (TPSA) is 59.1 Å². The highest BCUT2D eigenvalue weighted by atomic mass is 16.5. The van der Waals surface area contributed by atoms with Crippen molar-refractivity contribution in [1.29, 1.82) is 0 Å². The lowest BCUT2D eigenvalue weighted by Gasteiger charge is -2.38. The number of benzene rings is 1. The average Bonchev–Trinajstić information content (AvgIpc) is 2.67. The fourth-order valence-electron chi connectivity index (χ4n) is 3.78. The number of hydrogen-bond donors (Lipinski definition) is 0. The van der Waals surface area contributed by atoms with Crippen molar-refractivity contribution >= 4 is 11.8 Å². The number of morpholine rings is 1. The first-order valence-corrected chi connectivity index (χ1v) is 9.47. The quantitative estimate of drug-likeness (QED) is 0.827. The van der Waals surface area contributed by atoms with E-state index in [0.29, 0.717) is 37.6 Å². The Bertz CT molecular complexity index is 615. The molecule has 0 aromatic heterocycles. The number of carbonyl (C=O) groups is 2. The molecular weight excluding hydrogens is 332 g/mol. The Morgan fingerprint density at radius 1 is 1.08 bits per heavy atom. The molecule has 6 nitrogen and oxygen atoms in total. The monoisotopic (exact) mass is 360 g/mol. The summed E-state index contributed by atoms with van der Waals surface area (Å²) in [4.78, 5) is 28.7. The molecule has 2 aliphatic heterocycles. The second-order valence-corrected chi connectivity index (χ2v) is 7.15. The summed E-state index contributed by atoms with van der Waals surface area (Å²) in [5, 5.41) is 0. The van der Waals surface area contributed by atoms with Crippen LogP contribution in [0.15, 0.2) is 24.3 Å². The third-order valence-electron chi connectivity index (χ3n) is 5.24. The van der Waals surface area contributed by atoms with Gasteiger partial charge in [0.1, 0.15) is 5.75 Å². The number of carbonyl (C=O) groups excluding carboxylic acids is 2. The second kappa shape index (κ2) is 8.54. The molecule has 2 aliphatic rings. The molecule has 2 fully saturated rings. The van der Waals surface area contributed by atoms with Gasteiger partial charge in [-0.15, -0.1) is 0 Å². The summed E-state index contributed by atoms with van der Waals surface area (Å²) in [5.74, 6) is 0.638. The van der Waals surface area contributed by atoms with Gasteiger partial charge in [0, 0.05) is 30.7 Å². The highest BCUT2D eigenvalue weighted by Gasteiger charge is 2.29. The van der Waals surface area contributed by atoms with E-state index in [0.717, 1.165) is 12.8 Å². The molecule has 1 aromatic rings. The predicted molar refractivity (Wildman–Crippen MR) is 98.3 cm³/mol. The highest BCUT2D eigenvalue weighted by Crippen LogP contribution is 2.23. The lowest BCUT2D eigenvalue weighted by molar-refractivity contribution is -0.139. The van der Waals surface area contributed by atoms with Crippen LogP contribution in [0, 0.1) is 0 Å². The van der Waals surface area contributed by atoms with Gasteiger partial charge in [-0.25, -0.2) is 0 Å². The number of likely N-dealkylation sites (tertiary alicyclic amines) is 1. The number of ether oxygens (including phenoxy) is 2. The van der Waals surface area contributed by atoms with Gasteiger partial charge in [-0.1, -0.05) is 0 Å². The molecule has 2 atom stereocenters. The van der Waals surface area contributed by atoms with E-state index in [-0.39, 0.29) is 30.5 Å². The third kappa shape index (κ3) is 4.36. The Morgan fingerprint density at radius 3 is 2.31 bits per heavy atom. The van der Waals surface area contributed by atoms with Crippen LogP contribution in [0.1, 0.15) is 43.5 Å². The van der Waals surface area contributed by atoms with E-state index in [1.54, 1.807) is 29.2 Å². The summed E-state index contributed by atoms with van der Waals surface area (Å²) < 4.78 is 10.9. The van der Waals surface area contributed by atoms with Crippen LogP contribution >= 0.6 is 0 Å². The van der Waals surface area contributed by atoms with Crippen LogP contribution in [-0.2, 0) is 9.53 Å². The Labute approximate surface area is 155 Å². The molecule has 0 aliphatic carbocycles. The van der Waals surface area contributed by atoms with Crippen molar-refractivity contribution in [2.75, 3.05) is 32.9 Å². The normalized spacial score (nSPS) is 23.6. The highest BCUT2D eigenvalue weighted by molar-refractivity contribution is 5.94. The number of nitrogens with zero attached hydrogens (tertiary/aromatic N) is 2. The van der Waals surface area contributed by atoms with Gasteiger partial charge in [0.05, 0.1) is 13.2 Å². The minimum absolute atomic E-state index is 0.00638. The number of piperidine rings is 1. The summed E-state index contributed by atoms with van der Waals surface area (Å²) >= 11 is 0. The van der Waals surface area contributed by atoms with Crippen LogP contribution < -0.4 is 4.74 Å². The van der Waals surface area contributed by atoms with Crippen molar-refractivity contribution in [3.63, 3.8) is 0 Å². The molecule has 2 unspecified atom stereocenters. The summed E-state index contributed by atoms with van der Waals surface area (Å²) in [6, 6.07) is 7.55. The van der Waals surface area contributed by atoms with Crippen molar-refractivity contribution in [3.8, 4) is 5.75 Å². The molecule has 2 amide bonds. The summed E-state index contributed by atoms with van der Waals surface area (Å²) in [5.41, 5.74) is 0.629. The molecule has 6 heteroatoms. The Balaban J connectivity index is 1.54. The van der Waals surface area contributed by atoms with E-state index in [1.807, 2.05) is 4.90 Å². The Hall–Kier alpha value is -2.08. The minimum atomic E-state index is 0.00638. The first-order valence-electron chi connectivity index (χ1n) is 9.47. The van der Waals surface area contributed by atoms with E-state index >= 15 is 0 Å². The molecule has 3 rings (SSSR count). The first-order chi connectivity index (χ1) is 12.6. The smallest absolute Gasteiger partial charge is 0.260 e. The van der Waals surface area contributed by atoms with Crippen molar-refractivity contribution in [2.45, 2.75) is 45.2 Å². The van der Waals surface area contributed by atoms with Crippen molar-refractivity contribution < 1.29 is 19.1 Å². The van der Waals surface area contributed by atoms with Crippen molar-refractivity contribution in [1.82, 2.24) is 9.80 Å². The zero-order valence-electron chi connectivity index (χ0n) is 15.6. The molecule has 2 heterocycles. The van der Waals surface area contributed by atoms with Gasteiger partial charge in [0.25, 0.3) is 11.8 Å². The summed E-state index contributed by atoms with van der Waals surface area (Å²) in [6.07, 6.45) is 3.27. The van der Waals surface area contributed by atoms with E-state index in [1.165, 1.54) is 6.42 Å². The van der Waals surface area contributed by atoms with Gasteiger partial charge < -0.3 is 19.3 Å². The summed E-state index contributed by atoms with van der Waals surface area (Å²) in [6.45, 7) is 6.64. The summed E-state index contributed by atoms with van der Waals surface area (Å²) in [7, 11) is 0. The van der Waals surface area contributed by atoms with Crippen LogP contribution in [0.4, 0.5) is 0 Å². The zero-order valence-corrected chi connectivity index (χ0v) is 15.6. The average molecular weight is 360 g/mol. The van der Waals surface area contributed by atoms with E-state index in [4.69, 9.17) is 9.47 Å². The molecule has 0 saturated carbocycles. The van der Waals surface area contributed by atoms with Crippen LogP contribution in [0.2, 0.25) is 0 Å². The molecule has 142 valence electrons. The van der Waals surface area contributed by atoms with Crippen molar-refractivity contribution in [2.24, 2.45) is 0 Å². The lowest BCUT2D eigenvalue weighted by Crippen LogP contribution is -2.49. The molecule has 0 bridgehead atoms. The van der Waals surface area contributed by atoms with Crippen LogP contribution in [0.3, 0.4) is 0 Å². The molecule has 26 heavy (non-hydrogen) atoms. The minimum Gasteiger partial charge on any atom is -0.484 e. The van der Waals surface area contributed by atoms with E-state index in [2.05, 4.69) is 13.8 Å². The molecule has 0 N–H and O–H groups in total. The Kier molecular flexibility index (Phi) is 6.14. The molecule has 1 aromatic carbocycles. The van der Waals surface area contributed by atoms with Gasteiger partial charge in [0.2, 0.25) is 0 Å². The molecule has 0 spiro atoms. The maximum Gasteiger partial charge on any atom is 0.260 e. The lowest BCUT2D eigenvalue weighted by atomic mass is 9.97. The van der Waals surface area contributed by atoms with Gasteiger partial charge >= 0.3 is 0 Å². The first kappa shape index (κ1) is 18.7. The number of hydrogen-bond acceptors (Lipinski definition) is 4. The second-order valence-electron chi connectivity index (χ2n) is 7.15. The van der Waals surface area contributed by atoms with Crippen LogP contribution in [0.5, 0.6) is 5.75 Å². The number of rotatable bonds is 4. The predicted octanol–water partition coefficient (Wildman–Crippen LogP) is 2.33. The van der Waals surface area contributed by atoms with Crippen molar-refractivity contribution in [3.05, 3.63) is 29.8 Å². The molecule has 0 radical (unpaired) electrons. The maximum absolute atomic E-state index is 12.5. The molecular formula is C20H28N2O4. The SMILES string of the molecule is CC1CCCC(C)N1C(=O)COc1ccc(C(=O)N2CCOCC2)cc1. The third-order valence-corrected chi connectivity index (χ3v) is 5.24.